The van der Waals surface area contributed by atoms with Crippen LogP contribution in [-0.2, 0) is 6.42 Å². The Kier molecular flexibility index (Phi) is 3.71. The second kappa shape index (κ2) is 5.44. The first-order valence-electron chi connectivity index (χ1n) is 6.37. The van der Waals surface area contributed by atoms with Crippen molar-refractivity contribution in [1.29, 1.82) is 0 Å². The third kappa shape index (κ3) is 2.86. The van der Waals surface area contributed by atoms with Crippen molar-refractivity contribution in [3.05, 3.63) is 22.4 Å². The molecule has 2 atom stereocenters. The van der Waals surface area contributed by atoms with Gasteiger partial charge in [0, 0.05) is 18.3 Å². The molecule has 2 aliphatic rings. The largest absolute Gasteiger partial charge is 0.362 e. The molecule has 3 rings (SSSR count). The van der Waals surface area contributed by atoms with Gasteiger partial charge >= 0.3 is 0 Å². The maximum Gasteiger partial charge on any atom is 0.156 e. The first kappa shape index (κ1) is 11.6. The number of hydrogen-bond acceptors (Lipinski definition) is 3. The topological polar surface area (TPSA) is 24.4 Å². The quantitative estimate of drug-likeness (QED) is 0.909. The van der Waals surface area contributed by atoms with E-state index in [0.29, 0.717) is 0 Å². The zero-order chi connectivity index (χ0) is 11.5. The van der Waals surface area contributed by atoms with Crippen LogP contribution in [0, 0.1) is 5.92 Å². The Balaban J connectivity index is 1.51. The van der Waals surface area contributed by atoms with Crippen molar-refractivity contribution in [2.24, 2.45) is 10.9 Å². The van der Waals surface area contributed by atoms with Crippen LogP contribution in [-0.4, -0.2) is 23.5 Å². The smallest absolute Gasteiger partial charge is 0.156 e. The molecular weight excluding hydrogens is 248 g/mol. The van der Waals surface area contributed by atoms with Crippen molar-refractivity contribution >= 4 is 28.3 Å². The van der Waals surface area contributed by atoms with Gasteiger partial charge in [0.15, 0.2) is 5.17 Å². The summed E-state index contributed by atoms with van der Waals surface area (Å²) in [6.45, 7) is 0.920. The van der Waals surface area contributed by atoms with Crippen molar-refractivity contribution in [1.82, 2.24) is 5.32 Å². The zero-order valence-corrected chi connectivity index (χ0v) is 11.5. The molecule has 1 aromatic rings. The van der Waals surface area contributed by atoms with Crippen LogP contribution in [0.5, 0.6) is 0 Å². The van der Waals surface area contributed by atoms with Gasteiger partial charge in [0.05, 0.1) is 0 Å². The number of thioether (sulfide) groups is 1. The number of fused-ring (bicyclic) bond motifs is 1. The molecule has 92 valence electrons. The van der Waals surface area contributed by atoms with Crippen LogP contribution >= 0.6 is 23.1 Å². The fourth-order valence-corrected chi connectivity index (χ4v) is 4.52. The highest BCUT2D eigenvalue weighted by Crippen LogP contribution is 2.32. The molecule has 0 aromatic carbocycles. The Bertz CT molecular complexity index is 386. The summed E-state index contributed by atoms with van der Waals surface area (Å²) in [4.78, 5) is 4.69. The van der Waals surface area contributed by atoms with Crippen LogP contribution in [0.15, 0.2) is 21.8 Å². The van der Waals surface area contributed by atoms with Gasteiger partial charge in [-0.3, -0.25) is 4.99 Å². The summed E-state index contributed by atoms with van der Waals surface area (Å²) in [5, 5.41) is 9.15. The van der Waals surface area contributed by atoms with Gasteiger partial charge in [0.1, 0.15) is 0 Å². The Morgan fingerprint density at radius 1 is 1.41 bits per heavy atom. The standard InChI is InChI=1S/C13H18N2S2/c1-2-11-9-17-13(15-12(11)3-1)14-6-4-10-5-7-16-8-10/h5,7-8,11-12H,1-4,6,9H2,(H,14,15). The van der Waals surface area contributed by atoms with Crippen molar-refractivity contribution in [3.63, 3.8) is 0 Å². The molecule has 0 spiro atoms. The molecule has 2 heterocycles. The molecule has 2 unspecified atom stereocenters. The van der Waals surface area contributed by atoms with Crippen LogP contribution in [0.1, 0.15) is 24.8 Å². The molecule has 2 fully saturated rings. The summed E-state index contributed by atoms with van der Waals surface area (Å²) in [6, 6.07) is 2.91. The molecule has 17 heavy (non-hydrogen) atoms. The molecule has 4 heteroatoms. The molecule has 0 radical (unpaired) electrons. The van der Waals surface area contributed by atoms with Gasteiger partial charge in [-0.05, 0) is 47.6 Å². The van der Waals surface area contributed by atoms with Gasteiger partial charge in [-0.25, -0.2) is 0 Å². The third-order valence-corrected chi connectivity index (χ3v) is 5.49. The molecule has 1 aromatic heterocycles. The number of thiophene rings is 1. The van der Waals surface area contributed by atoms with Gasteiger partial charge in [-0.1, -0.05) is 18.2 Å². The summed E-state index contributed by atoms with van der Waals surface area (Å²) >= 11 is 3.69. The summed E-state index contributed by atoms with van der Waals surface area (Å²) < 4.78 is 0. The highest BCUT2D eigenvalue weighted by molar-refractivity contribution is 8.13. The van der Waals surface area contributed by atoms with Gasteiger partial charge in [-0.15, -0.1) is 0 Å². The second-order valence-electron chi connectivity index (χ2n) is 4.82. The number of rotatable bonds is 3. The summed E-state index contributed by atoms with van der Waals surface area (Å²) in [6.07, 6.45) is 5.22. The predicted molar refractivity (Wildman–Crippen MR) is 77.0 cm³/mol. The first-order chi connectivity index (χ1) is 8.42. The minimum Gasteiger partial charge on any atom is -0.362 e. The number of aliphatic imine (C=N–C) groups is 1. The molecule has 1 aliphatic heterocycles. The molecule has 0 bridgehead atoms. The summed E-state index contributed by atoms with van der Waals surface area (Å²) in [5.41, 5.74) is 1.42. The van der Waals surface area contributed by atoms with E-state index >= 15 is 0 Å². The Labute approximate surface area is 111 Å². The Hall–Kier alpha value is -0.480. The number of nitrogens with one attached hydrogen (secondary N) is 1. The highest BCUT2D eigenvalue weighted by Gasteiger charge is 2.31. The lowest BCUT2D eigenvalue weighted by Crippen LogP contribution is -2.41. The highest BCUT2D eigenvalue weighted by atomic mass is 32.2. The molecular formula is C13H18N2S2. The average molecular weight is 266 g/mol. The van der Waals surface area contributed by atoms with Crippen molar-refractivity contribution < 1.29 is 0 Å². The first-order valence-corrected chi connectivity index (χ1v) is 8.29. The van der Waals surface area contributed by atoms with E-state index in [2.05, 4.69) is 22.1 Å². The van der Waals surface area contributed by atoms with Gasteiger partial charge in [-0.2, -0.15) is 11.3 Å². The van der Waals surface area contributed by atoms with Crippen LogP contribution in [0.3, 0.4) is 0 Å². The van der Waals surface area contributed by atoms with E-state index in [4.69, 9.17) is 4.99 Å². The minimum atomic E-state index is 0.719. The summed E-state index contributed by atoms with van der Waals surface area (Å²) in [5.74, 6) is 2.17. The van der Waals surface area contributed by atoms with Crippen molar-refractivity contribution in [2.75, 3.05) is 12.3 Å². The summed E-state index contributed by atoms with van der Waals surface area (Å²) in [7, 11) is 0. The third-order valence-electron chi connectivity index (χ3n) is 3.64. The molecule has 0 amide bonds. The monoisotopic (exact) mass is 266 g/mol. The van der Waals surface area contributed by atoms with Crippen molar-refractivity contribution in [2.45, 2.75) is 31.7 Å². The van der Waals surface area contributed by atoms with E-state index < -0.39 is 0 Å². The van der Waals surface area contributed by atoms with Crippen LogP contribution < -0.4 is 5.32 Å². The minimum absolute atomic E-state index is 0.719. The Morgan fingerprint density at radius 2 is 2.41 bits per heavy atom. The maximum atomic E-state index is 4.69. The number of hydrogen-bond donors (Lipinski definition) is 1. The molecule has 1 aliphatic carbocycles. The zero-order valence-electron chi connectivity index (χ0n) is 9.89. The predicted octanol–water partition coefficient (Wildman–Crippen LogP) is 3.15. The van der Waals surface area contributed by atoms with E-state index in [1.807, 2.05) is 11.8 Å². The molecule has 1 saturated carbocycles. The number of amidine groups is 1. The SMILES string of the molecule is c1cc(CCN=C2NC3CCCC3CS2)cs1. The van der Waals surface area contributed by atoms with Crippen LogP contribution in [0.4, 0.5) is 0 Å². The normalized spacial score (nSPS) is 30.2. The van der Waals surface area contributed by atoms with E-state index in [9.17, 15) is 0 Å². The van der Waals surface area contributed by atoms with Crippen LogP contribution in [0.2, 0.25) is 0 Å². The maximum absolute atomic E-state index is 4.69. The number of nitrogens with zero attached hydrogens (tertiary/aromatic N) is 1. The van der Waals surface area contributed by atoms with Crippen molar-refractivity contribution in [3.8, 4) is 0 Å². The second-order valence-corrected chi connectivity index (χ2v) is 6.61. The molecule has 1 N–H and O–H groups in total. The van der Waals surface area contributed by atoms with Gasteiger partial charge in [0.2, 0.25) is 0 Å². The van der Waals surface area contributed by atoms with E-state index in [1.165, 1.54) is 35.7 Å². The molecule has 2 nitrogen and oxygen atoms in total. The van der Waals surface area contributed by atoms with E-state index in [-0.39, 0.29) is 0 Å². The molecule has 1 saturated heterocycles. The lowest BCUT2D eigenvalue weighted by Gasteiger charge is -2.28. The van der Waals surface area contributed by atoms with E-state index in [0.717, 1.165) is 24.9 Å². The Morgan fingerprint density at radius 3 is 3.29 bits per heavy atom. The van der Waals surface area contributed by atoms with E-state index in [1.54, 1.807) is 11.3 Å². The van der Waals surface area contributed by atoms with Gasteiger partial charge in [0.25, 0.3) is 0 Å². The van der Waals surface area contributed by atoms with Gasteiger partial charge < -0.3 is 5.32 Å². The van der Waals surface area contributed by atoms with Crippen LogP contribution in [0.25, 0.3) is 0 Å². The lowest BCUT2D eigenvalue weighted by atomic mass is 10.1. The average Bonchev–Trinajstić information content (AvgIpc) is 2.98. The lowest BCUT2D eigenvalue weighted by molar-refractivity contribution is 0.490. The fourth-order valence-electron chi connectivity index (χ4n) is 2.63. The fraction of sp³-hybridized carbons (Fsp3) is 0.615.